The van der Waals surface area contributed by atoms with Gasteiger partial charge in [0.25, 0.3) is 0 Å². The Labute approximate surface area is 118 Å². The van der Waals surface area contributed by atoms with Gasteiger partial charge in [0.05, 0.1) is 35.2 Å². The van der Waals surface area contributed by atoms with Crippen molar-refractivity contribution < 1.29 is 4.74 Å². The molecule has 2 fully saturated rings. The normalized spacial score (nSPS) is 31.3. The van der Waals surface area contributed by atoms with Crippen molar-refractivity contribution in [1.29, 1.82) is 0 Å². The molecule has 2 aliphatic heterocycles. The Morgan fingerprint density at radius 2 is 2.32 bits per heavy atom. The van der Waals surface area contributed by atoms with Crippen LogP contribution in [-0.2, 0) is 4.74 Å². The molecule has 3 N–H and O–H groups in total. The number of fused-ring (bicyclic) bond motifs is 2. The third-order valence-electron chi connectivity index (χ3n) is 4.33. The lowest BCUT2D eigenvalue weighted by atomic mass is 9.82. The van der Waals surface area contributed by atoms with Gasteiger partial charge < -0.3 is 4.74 Å². The summed E-state index contributed by atoms with van der Waals surface area (Å²) in [4.78, 5) is 0. The summed E-state index contributed by atoms with van der Waals surface area (Å²) in [6.45, 7) is 4.19. The fourth-order valence-corrected chi connectivity index (χ4v) is 3.73. The molecular weight excluding hydrogens is 264 g/mol. The van der Waals surface area contributed by atoms with Crippen molar-refractivity contribution in [3.8, 4) is 0 Å². The van der Waals surface area contributed by atoms with E-state index in [0.717, 1.165) is 18.5 Å². The van der Waals surface area contributed by atoms with E-state index in [1.807, 2.05) is 4.68 Å². The van der Waals surface area contributed by atoms with Crippen LogP contribution in [0.5, 0.6) is 0 Å². The second-order valence-corrected chi connectivity index (χ2v) is 6.24. The molecule has 2 bridgehead atoms. The topological polar surface area (TPSA) is 65.1 Å². The summed E-state index contributed by atoms with van der Waals surface area (Å²) < 4.78 is 7.89. The summed E-state index contributed by atoms with van der Waals surface area (Å²) in [5.41, 5.74) is 3.93. The third kappa shape index (κ3) is 2.18. The van der Waals surface area contributed by atoms with Crippen LogP contribution in [0.1, 0.15) is 50.9 Å². The minimum Gasteiger partial charge on any atom is -0.375 e. The second kappa shape index (κ2) is 5.05. The summed E-state index contributed by atoms with van der Waals surface area (Å²) in [6, 6.07) is 0.269. The summed E-state index contributed by atoms with van der Waals surface area (Å²) in [5, 5.41) is 5.05. The number of nitrogens with two attached hydrogens (primary N) is 1. The minimum atomic E-state index is 0.00713. The summed E-state index contributed by atoms with van der Waals surface area (Å²) in [7, 11) is 0. The zero-order valence-corrected chi connectivity index (χ0v) is 12.1. The van der Waals surface area contributed by atoms with Gasteiger partial charge in [0, 0.05) is 12.0 Å². The molecular formula is C13H21ClN4O. The number of hydrazine groups is 1. The van der Waals surface area contributed by atoms with Crippen LogP contribution in [-0.4, -0.2) is 22.0 Å². The summed E-state index contributed by atoms with van der Waals surface area (Å²) in [5.74, 6) is 6.19. The average molecular weight is 285 g/mol. The van der Waals surface area contributed by atoms with Crippen molar-refractivity contribution >= 4 is 11.6 Å². The molecule has 19 heavy (non-hydrogen) atoms. The van der Waals surface area contributed by atoms with Gasteiger partial charge in [0.2, 0.25) is 0 Å². The highest BCUT2D eigenvalue weighted by Crippen LogP contribution is 2.45. The maximum atomic E-state index is 6.32. The van der Waals surface area contributed by atoms with E-state index in [1.165, 1.54) is 6.42 Å². The molecule has 0 radical (unpaired) electrons. The zero-order chi connectivity index (χ0) is 13.6. The van der Waals surface area contributed by atoms with Crippen molar-refractivity contribution in [2.75, 3.05) is 0 Å². The number of hydrogen-bond acceptors (Lipinski definition) is 4. The van der Waals surface area contributed by atoms with Crippen molar-refractivity contribution in [2.45, 2.75) is 57.4 Å². The smallest absolute Gasteiger partial charge is 0.0834 e. The minimum absolute atomic E-state index is 0.00713. The van der Waals surface area contributed by atoms with E-state index in [1.54, 1.807) is 6.20 Å². The highest BCUT2D eigenvalue weighted by atomic mass is 35.5. The largest absolute Gasteiger partial charge is 0.375 e. The van der Waals surface area contributed by atoms with E-state index in [4.69, 9.17) is 22.2 Å². The van der Waals surface area contributed by atoms with Gasteiger partial charge in [-0.25, -0.2) is 0 Å². The zero-order valence-electron chi connectivity index (χ0n) is 11.3. The predicted molar refractivity (Wildman–Crippen MR) is 73.7 cm³/mol. The first-order valence-corrected chi connectivity index (χ1v) is 7.34. The second-order valence-electron chi connectivity index (χ2n) is 5.83. The van der Waals surface area contributed by atoms with Gasteiger partial charge in [-0.05, 0) is 33.1 Å². The van der Waals surface area contributed by atoms with E-state index in [2.05, 4.69) is 24.4 Å². The molecule has 2 saturated heterocycles. The summed E-state index contributed by atoms with van der Waals surface area (Å²) >= 11 is 6.32. The highest BCUT2D eigenvalue weighted by molar-refractivity contribution is 6.31. The van der Waals surface area contributed by atoms with Gasteiger partial charge in [0.1, 0.15) is 0 Å². The van der Waals surface area contributed by atoms with Gasteiger partial charge >= 0.3 is 0 Å². The average Bonchev–Trinajstić information content (AvgIpc) is 3.06. The number of aromatic nitrogens is 2. The van der Waals surface area contributed by atoms with Crippen LogP contribution in [0.25, 0.3) is 0 Å². The van der Waals surface area contributed by atoms with E-state index in [-0.39, 0.29) is 12.1 Å². The monoisotopic (exact) mass is 284 g/mol. The molecule has 2 aliphatic rings. The van der Waals surface area contributed by atoms with Gasteiger partial charge in [0.15, 0.2) is 0 Å². The van der Waals surface area contributed by atoms with Gasteiger partial charge in [-0.15, -0.1) is 0 Å². The Morgan fingerprint density at radius 1 is 1.53 bits per heavy atom. The number of nitrogens with one attached hydrogen (secondary N) is 1. The number of ether oxygens (including phenoxy) is 1. The number of nitrogens with zero attached hydrogens (tertiary/aromatic N) is 2. The van der Waals surface area contributed by atoms with E-state index < -0.39 is 0 Å². The number of hydrogen-bond donors (Lipinski definition) is 2. The van der Waals surface area contributed by atoms with Crippen LogP contribution in [0.15, 0.2) is 6.20 Å². The molecule has 5 nitrogen and oxygen atoms in total. The van der Waals surface area contributed by atoms with E-state index in [0.29, 0.717) is 23.1 Å². The highest BCUT2D eigenvalue weighted by Gasteiger charge is 2.45. The lowest BCUT2D eigenvalue weighted by Gasteiger charge is -2.29. The van der Waals surface area contributed by atoms with Crippen LogP contribution < -0.4 is 11.3 Å². The number of halogens is 1. The van der Waals surface area contributed by atoms with Gasteiger partial charge in [-0.2, -0.15) is 5.10 Å². The first-order valence-electron chi connectivity index (χ1n) is 6.96. The van der Waals surface area contributed by atoms with Crippen LogP contribution in [0.4, 0.5) is 0 Å². The maximum Gasteiger partial charge on any atom is 0.0834 e. The first kappa shape index (κ1) is 13.4. The molecule has 3 rings (SSSR count). The van der Waals surface area contributed by atoms with Gasteiger partial charge in [-0.1, -0.05) is 11.6 Å². The summed E-state index contributed by atoms with van der Waals surface area (Å²) in [6.07, 6.45) is 5.77. The molecule has 6 heteroatoms. The molecule has 106 valence electrons. The lowest BCUT2D eigenvalue weighted by molar-refractivity contribution is 0.0848. The molecule has 4 unspecified atom stereocenters. The molecule has 4 atom stereocenters. The quantitative estimate of drug-likeness (QED) is 0.657. The van der Waals surface area contributed by atoms with Crippen molar-refractivity contribution in [1.82, 2.24) is 15.2 Å². The Kier molecular flexibility index (Phi) is 3.55. The number of rotatable bonds is 4. The van der Waals surface area contributed by atoms with Crippen LogP contribution in [0.2, 0.25) is 5.02 Å². The van der Waals surface area contributed by atoms with Crippen molar-refractivity contribution in [3.63, 3.8) is 0 Å². The third-order valence-corrected chi connectivity index (χ3v) is 4.62. The van der Waals surface area contributed by atoms with Gasteiger partial charge in [-0.3, -0.25) is 16.0 Å². The fourth-order valence-electron chi connectivity index (χ4n) is 3.49. The maximum absolute atomic E-state index is 6.32. The standard InChI is InChI=1S/C13H21ClN4O/c1-7(2)18-13(10(14)6-16-18)12(17-15)9-5-8-3-4-11(9)19-8/h6-9,11-12,17H,3-5,15H2,1-2H3. The Bertz CT molecular complexity index is 461. The molecule has 1 aromatic heterocycles. The van der Waals surface area contributed by atoms with Crippen LogP contribution in [0, 0.1) is 5.92 Å². The fraction of sp³-hybridized carbons (Fsp3) is 0.769. The molecule has 0 aromatic carbocycles. The molecule has 0 amide bonds. The van der Waals surface area contributed by atoms with E-state index >= 15 is 0 Å². The van der Waals surface area contributed by atoms with Crippen molar-refractivity contribution in [3.05, 3.63) is 16.9 Å². The Balaban J connectivity index is 1.92. The lowest BCUT2D eigenvalue weighted by Crippen LogP contribution is -2.39. The van der Waals surface area contributed by atoms with E-state index in [9.17, 15) is 0 Å². The molecule has 0 spiro atoms. The molecule has 3 heterocycles. The predicted octanol–water partition coefficient (Wildman–Crippen LogP) is 2.19. The SMILES string of the molecule is CC(C)n1ncc(Cl)c1C(NN)C1CC2CCC1O2. The molecule has 1 aromatic rings. The Morgan fingerprint density at radius 3 is 2.84 bits per heavy atom. The first-order chi connectivity index (χ1) is 9.11. The molecule has 0 aliphatic carbocycles. The van der Waals surface area contributed by atoms with Crippen LogP contribution in [0.3, 0.4) is 0 Å². The Hall–Kier alpha value is -0.620. The van der Waals surface area contributed by atoms with Crippen LogP contribution >= 0.6 is 11.6 Å². The van der Waals surface area contributed by atoms with Crippen molar-refractivity contribution in [2.24, 2.45) is 11.8 Å². The molecule has 0 saturated carbocycles.